The quantitative estimate of drug-likeness (QED) is 0.168. The molecule has 0 aromatic carbocycles. The lowest BCUT2D eigenvalue weighted by atomic mass is 9.54. The van der Waals surface area contributed by atoms with Crippen molar-refractivity contribution in [3.8, 4) is 0 Å². The smallest absolute Gasteiger partial charge is 0.317 e. The second kappa shape index (κ2) is 12.5. The van der Waals surface area contributed by atoms with Crippen LogP contribution in [-0.2, 0) is 47.7 Å². The highest BCUT2D eigenvalue weighted by Gasteiger charge is 2.71. The number of hydrogen-bond acceptors (Lipinski definition) is 11. The second-order valence-corrected chi connectivity index (χ2v) is 16.6. The number of ether oxygens (including phenoxy) is 5. The summed E-state index contributed by atoms with van der Waals surface area (Å²) in [4.78, 5) is 66.4. The lowest BCUT2D eigenvalue weighted by Gasteiger charge is -2.49. The number of methoxy groups -OCH3 is 1. The fourth-order valence-corrected chi connectivity index (χ4v) is 10.4. The maximum absolute atomic E-state index is 13.9. The van der Waals surface area contributed by atoms with Gasteiger partial charge in [-0.15, -0.1) is 0 Å². The Morgan fingerprint density at radius 3 is 1.98 bits per heavy atom. The van der Waals surface area contributed by atoms with Gasteiger partial charge in [-0.05, 0) is 114 Å². The number of cyclic esters (lactones) is 2. The molecule has 46 heavy (non-hydrogen) atoms. The van der Waals surface area contributed by atoms with Gasteiger partial charge in [0, 0.05) is 7.11 Å². The molecule has 1 saturated heterocycles. The van der Waals surface area contributed by atoms with E-state index < -0.39 is 82.7 Å². The first-order valence-corrected chi connectivity index (χ1v) is 16.9. The van der Waals surface area contributed by atoms with Crippen LogP contribution < -0.4 is 0 Å². The van der Waals surface area contributed by atoms with Gasteiger partial charge in [0.1, 0.15) is 11.2 Å². The van der Waals surface area contributed by atoms with Crippen molar-refractivity contribution in [2.75, 3.05) is 13.9 Å². The van der Waals surface area contributed by atoms with Gasteiger partial charge in [-0.2, -0.15) is 0 Å². The van der Waals surface area contributed by atoms with Crippen LogP contribution in [0.5, 0.6) is 0 Å². The third kappa shape index (κ3) is 6.34. The summed E-state index contributed by atoms with van der Waals surface area (Å²) in [5.41, 5.74) is -1.47. The SMILES string of the molecule is COCOC(=O)C1C2CC(C1C(=O)OC(C)(C)C)C(C1C(=O)OC(=O)C1C)C2C1C(C)C2CC(C(O)CC(=O)OC(C)(C)C)C1C2. The van der Waals surface area contributed by atoms with Gasteiger partial charge in [0.05, 0.1) is 36.2 Å². The van der Waals surface area contributed by atoms with Gasteiger partial charge in [0.15, 0.2) is 6.79 Å². The van der Waals surface area contributed by atoms with Gasteiger partial charge < -0.3 is 28.8 Å². The number of esters is 5. The normalized spacial score (nSPS) is 40.6. The van der Waals surface area contributed by atoms with Crippen molar-refractivity contribution in [2.24, 2.45) is 76.9 Å². The van der Waals surface area contributed by atoms with Crippen LogP contribution in [0.25, 0.3) is 0 Å². The van der Waals surface area contributed by atoms with Crippen molar-refractivity contribution < 1.29 is 52.8 Å². The Labute approximate surface area is 271 Å². The molecule has 4 aliphatic carbocycles. The van der Waals surface area contributed by atoms with E-state index in [2.05, 4.69) is 6.92 Å². The summed E-state index contributed by atoms with van der Waals surface area (Å²) in [7, 11) is 1.42. The highest BCUT2D eigenvalue weighted by atomic mass is 16.7. The Bertz CT molecular complexity index is 1230. The zero-order valence-electron chi connectivity index (χ0n) is 28.6. The molecule has 258 valence electrons. The number of carbonyl (C=O) groups excluding carboxylic acids is 5. The van der Waals surface area contributed by atoms with Crippen LogP contribution >= 0.6 is 0 Å². The number of hydrogen-bond donors (Lipinski definition) is 1. The zero-order valence-corrected chi connectivity index (χ0v) is 28.6. The van der Waals surface area contributed by atoms with Crippen LogP contribution in [0.4, 0.5) is 0 Å². The number of aliphatic hydroxyl groups is 1. The fourth-order valence-electron chi connectivity index (χ4n) is 10.4. The highest BCUT2D eigenvalue weighted by molar-refractivity contribution is 5.96. The molecule has 1 heterocycles. The van der Waals surface area contributed by atoms with E-state index in [-0.39, 0.29) is 48.7 Å². The Morgan fingerprint density at radius 2 is 1.43 bits per heavy atom. The fraction of sp³-hybridized carbons (Fsp3) is 0.857. The maximum Gasteiger partial charge on any atom is 0.317 e. The maximum atomic E-state index is 13.9. The lowest BCUT2D eigenvalue weighted by Crippen LogP contribution is -2.52. The Kier molecular flexibility index (Phi) is 9.45. The second-order valence-electron chi connectivity index (χ2n) is 16.6. The molecule has 0 aromatic rings. The molecule has 1 N–H and O–H groups in total. The average molecular weight is 649 g/mol. The van der Waals surface area contributed by atoms with E-state index in [4.69, 9.17) is 23.7 Å². The van der Waals surface area contributed by atoms with Gasteiger partial charge in [-0.3, -0.25) is 24.0 Å². The molecule has 5 aliphatic rings. The van der Waals surface area contributed by atoms with E-state index in [1.54, 1.807) is 48.5 Å². The summed E-state index contributed by atoms with van der Waals surface area (Å²) in [6.07, 6.45) is 1.13. The van der Waals surface area contributed by atoms with Gasteiger partial charge in [-0.25, -0.2) is 0 Å². The topological polar surface area (TPSA) is 152 Å². The number of rotatable bonds is 9. The Balaban J connectivity index is 1.52. The van der Waals surface area contributed by atoms with Crippen molar-refractivity contribution in [1.82, 2.24) is 0 Å². The van der Waals surface area contributed by atoms with Crippen LogP contribution in [0.1, 0.15) is 81.1 Å². The first-order valence-electron chi connectivity index (χ1n) is 16.9. The number of aliphatic hydroxyl groups excluding tert-OH is 1. The van der Waals surface area contributed by atoms with Crippen molar-refractivity contribution >= 4 is 29.8 Å². The highest BCUT2D eigenvalue weighted by Crippen LogP contribution is 2.70. The average Bonchev–Trinajstić information content (AvgIpc) is 3.71. The monoisotopic (exact) mass is 648 g/mol. The van der Waals surface area contributed by atoms with Gasteiger partial charge in [0.2, 0.25) is 0 Å². The molecule has 4 bridgehead atoms. The van der Waals surface area contributed by atoms with Crippen LogP contribution in [0.15, 0.2) is 0 Å². The summed E-state index contributed by atoms with van der Waals surface area (Å²) < 4.78 is 27.1. The molecule has 14 unspecified atom stereocenters. The van der Waals surface area contributed by atoms with E-state index in [1.165, 1.54) is 7.11 Å². The molecule has 1 aliphatic heterocycles. The molecule has 11 heteroatoms. The van der Waals surface area contributed by atoms with Gasteiger partial charge in [-0.1, -0.05) is 13.8 Å². The van der Waals surface area contributed by atoms with E-state index >= 15 is 0 Å². The minimum absolute atomic E-state index is 0.00921. The van der Waals surface area contributed by atoms with Crippen LogP contribution in [-0.4, -0.2) is 66.2 Å². The van der Waals surface area contributed by atoms with E-state index in [1.807, 2.05) is 0 Å². The van der Waals surface area contributed by atoms with Crippen molar-refractivity contribution in [2.45, 2.75) is 98.4 Å². The number of fused-ring (bicyclic) bond motifs is 4. The summed E-state index contributed by atoms with van der Waals surface area (Å²) >= 11 is 0. The lowest BCUT2D eigenvalue weighted by molar-refractivity contribution is -0.181. The van der Waals surface area contributed by atoms with Crippen LogP contribution in [0, 0.1) is 76.9 Å². The molecule has 0 aromatic heterocycles. The molecular formula is C35H52O11. The minimum atomic E-state index is -0.897. The minimum Gasteiger partial charge on any atom is -0.460 e. The molecule has 5 fully saturated rings. The summed E-state index contributed by atoms with van der Waals surface area (Å²) in [6, 6.07) is 0. The first-order chi connectivity index (χ1) is 21.3. The van der Waals surface area contributed by atoms with Crippen molar-refractivity contribution in [1.29, 1.82) is 0 Å². The van der Waals surface area contributed by atoms with Gasteiger partial charge >= 0.3 is 29.8 Å². The molecule has 4 saturated carbocycles. The molecule has 14 atom stereocenters. The largest absolute Gasteiger partial charge is 0.460 e. The van der Waals surface area contributed by atoms with Gasteiger partial charge in [0.25, 0.3) is 0 Å². The predicted octanol–water partition coefficient (Wildman–Crippen LogP) is 3.93. The van der Waals surface area contributed by atoms with Crippen molar-refractivity contribution in [3.05, 3.63) is 0 Å². The molecule has 0 spiro atoms. The molecule has 0 radical (unpaired) electrons. The summed E-state index contributed by atoms with van der Waals surface area (Å²) in [6.45, 7) is 14.3. The molecule has 11 nitrogen and oxygen atoms in total. The first kappa shape index (κ1) is 34.8. The van der Waals surface area contributed by atoms with Crippen molar-refractivity contribution in [3.63, 3.8) is 0 Å². The van der Waals surface area contributed by atoms with E-state index in [0.717, 1.165) is 12.8 Å². The Hall–Kier alpha value is -2.53. The predicted molar refractivity (Wildman–Crippen MR) is 162 cm³/mol. The third-order valence-electron chi connectivity index (χ3n) is 11.6. The Morgan fingerprint density at radius 1 is 0.826 bits per heavy atom. The van der Waals surface area contributed by atoms with E-state index in [0.29, 0.717) is 12.3 Å². The molecule has 0 amide bonds. The third-order valence-corrected chi connectivity index (χ3v) is 11.6. The van der Waals surface area contributed by atoms with Crippen LogP contribution in [0.3, 0.4) is 0 Å². The zero-order chi connectivity index (χ0) is 34.0. The summed E-state index contributed by atoms with van der Waals surface area (Å²) in [5, 5.41) is 11.4. The standard InChI is InChI=1S/C35H52O11/c1-15-17-10-18(22(36)13-23(37)45-34(3,4)5)19(11-17)24(15)26-20-12-21(27(26)25-16(2)30(38)44-32(25)40)29(33(41)46-35(6,7)8)28(20)31(39)43-14-42-9/h15-22,24-29,36H,10-14H2,1-9H3. The van der Waals surface area contributed by atoms with Crippen LogP contribution in [0.2, 0.25) is 0 Å². The summed E-state index contributed by atoms with van der Waals surface area (Å²) in [5.74, 6) is -6.76. The molecule has 5 rings (SSSR count). The number of carbonyl (C=O) groups is 5. The van der Waals surface area contributed by atoms with E-state index in [9.17, 15) is 29.1 Å². The molecular weight excluding hydrogens is 596 g/mol.